The Bertz CT molecular complexity index is 482. The average molecular weight is 287 g/mol. The van der Waals surface area contributed by atoms with Crippen LogP contribution in [0.4, 0.5) is 0 Å². The molecule has 20 heavy (non-hydrogen) atoms. The van der Waals surface area contributed by atoms with Crippen molar-refractivity contribution in [2.75, 3.05) is 6.54 Å². The van der Waals surface area contributed by atoms with Crippen molar-refractivity contribution in [1.82, 2.24) is 5.32 Å². The molecule has 1 aromatic heterocycles. The van der Waals surface area contributed by atoms with Crippen LogP contribution in [0, 0.1) is 5.41 Å². The lowest BCUT2D eigenvalue weighted by molar-refractivity contribution is 0.312. The standard InChI is InChI=1S/C18H25NS/c1-18(2,3)13-17(16-7-5-4-6-8-16)19-11-9-15-10-12-20-14-15/h4-8,10,12,14,17,19H,9,11,13H2,1-3H3. The molecule has 1 aromatic carbocycles. The number of rotatable bonds is 6. The molecule has 1 unspecified atom stereocenters. The van der Waals surface area contributed by atoms with Gasteiger partial charge in [0.25, 0.3) is 0 Å². The lowest BCUT2D eigenvalue weighted by Crippen LogP contribution is -2.27. The number of hydrogen-bond donors (Lipinski definition) is 1. The largest absolute Gasteiger partial charge is 0.310 e. The quantitative estimate of drug-likeness (QED) is 0.783. The SMILES string of the molecule is CC(C)(C)CC(NCCc1ccsc1)c1ccccc1. The molecule has 0 aliphatic heterocycles. The smallest absolute Gasteiger partial charge is 0.0325 e. The van der Waals surface area contributed by atoms with Crippen LogP contribution in [0.15, 0.2) is 47.2 Å². The number of benzene rings is 1. The first-order chi connectivity index (χ1) is 9.54. The number of hydrogen-bond acceptors (Lipinski definition) is 2. The molecule has 1 N–H and O–H groups in total. The third kappa shape index (κ3) is 5.10. The van der Waals surface area contributed by atoms with E-state index in [4.69, 9.17) is 0 Å². The molecule has 2 heteroatoms. The predicted octanol–water partition coefficient (Wildman–Crippen LogP) is 5.06. The van der Waals surface area contributed by atoms with Gasteiger partial charge in [0.2, 0.25) is 0 Å². The van der Waals surface area contributed by atoms with E-state index in [0.29, 0.717) is 11.5 Å². The first-order valence-corrected chi connectivity index (χ1v) is 8.28. The molecule has 0 amide bonds. The summed E-state index contributed by atoms with van der Waals surface area (Å²) in [6, 6.07) is 13.5. The van der Waals surface area contributed by atoms with E-state index in [1.165, 1.54) is 11.1 Å². The minimum absolute atomic E-state index is 0.329. The maximum atomic E-state index is 3.74. The first-order valence-electron chi connectivity index (χ1n) is 7.34. The summed E-state index contributed by atoms with van der Waals surface area (Å²) in [4.78, 5) is 0. The fraction of sp³-hybridized carbons (Fsp3) is 0.444. The molecule has 0 radical (unpaired) electrons. The van der Waals surface area contributed by atoms with E-state index in [2.05, 4.69) is 73.2 Å². The summed E-state index contributed by atoms with van der Waals surface area (Å²) in [6.45, 7) is 7.96. The lowest BCUT2D eigenvalue weighted by atomic mass is 9.85. The summed E-state index contributed by atoms with van der Waals surface area (Å²) in [5.41, 5.74) is 3.16. The molecular formula is C18H25NS. The van der Waals surface area contributed by atoms with Gasteiger partial charge in [0.05, 0.1) is 0 Å². The second-order valence-electron chi connectivity index (χ2n) is 6.56. The third-order valence-corrected chi connectivity index (χ3v) is 4.14. The van der Waals surface area contributed by atoms with Crippen LogP contribution in [-0.4, -0.2) is 6.54 Å². The minimum Gasteiger partial charge on any atom is -0.310 e. The Morgan fingerprint density at radius 3 is 2.45 bits per heavy atom. The maximum Gasteiger partial charge on any atom is 0.0325 e. The van der Waals surface area contributed by atoms with Crippen molar-refractivity contribution in [3.05, 3.63) is 58.3 Å². The first kappa shape index (κ1) is 15.3. The van der Waals surface area contributed by atoms with Crippen molar-refractivity contribution >= 4 is 11.3 Å². The second kappa shape index (κ2) is 7.05. The average Bonchev–Trinajstić information content (AvgIpc) is 2.90. The molecule has 1 atom stereocenters. The second-order valence-corrected chi connectivity index (χ2v) is 7.34. The number of nitrogens with one attached hydrogen (secondary N) is 1. The van der Waals surface area contributed by atoms with Crippen LogP contribution in [0.25, 0.3) is 0 Å². The highest BCUT2D eigenvalue weighted by atomic mass is 32.1. The molecule has 0 bridgehead atoms. The van der Waals surface area contributed by atoms with E-state index in [9.17, 15) is 0 Å². The molecule has 1 nitrogen and oxygen atoms in total. The molecule has 0 saturated carbocycles. The van der Waals surface area contributed by atoms with Gasteiger partial charge in [-0.05, 0) is 52.8 Å². The van der Waals surface area contributed by atoms with Crippen molar-refractivity contribution in [3.63, 3.8) is 0 Å². The molecule has 0 fully saturated rings. The van der Waals surface area contributed by atoms with Gasteiger partial charge in [-0.25, -0.2) is 0 Å². The highest BCUT2D eigenvalue weighted by molar-refractivity contribution is 7.07. The van der Waals surface area contributed by atoms with Gasteiger partial charge >= 0.3 is 0 Å². The zero-order valence-corrected chi connectivity index (χ0v) is 13.5. The van der Waals surface area contributed by atoms with E-state index >= 15 is 0 Å². The van der Waals surface area contributed by atoms with Crippen LogP contribution < -0.4 is 5.32 Å². The molecule has 108 valence electrons. The summed E-state index contributed by atoms with van der Waals surface area (Å²) in [7, 11) is 0. The Balaban J connectivity index is 1.96. The van der Waals surface area contributed by atoms with Crippen molar-refractivity contribution in [1.29, 1.82) is 0 Å². The monoisotopic (exact) mass is 287 g/mol. The summed E-state index contributed by atoms with van der Waals surface area (Å²) in [5.74, 6) is 0. The minimum atomic E-state index is 0.329. The summed E-state index contributed by atoms with van der Waals surface area (Å²) in [5, 5.41) is 8.13. The topological polar surface area (TPSA) is 12.0 Å². The predicted molar refractivity (Wildman–Crippen MR) is 89.3 cm³/mol. The van der Waals surface area contributed by atoms with E-state index in [1.54, 1.807) is 11.3 Å². The zero-order valence-electron chi connectivity index (χ0n) is 12.7. The summed E-state index contributed by atoms with van der Waals surface area (Å²) >= 11 is 1.78. The Labute approximate surface area is 127 Å². The summed E-state index contributed by atoms with van der Waals surface area (Å²) in [6.07, 6.45) is 2.26. The fourth-order valence-corrected chi connectivity index (χ4v) is 3.13. The molecule has 2 rings (SSSR count). The molecule has 1 heterocycles. The molecule has 0 saturated heterocycles. The fourth-order valence-electron chi connectivity index (χ4n) is 2.43. The highest BCUT2D eigenvalue weighted by Crippen LogP contribution is 2.29. The Kier molecular flexibility index (Phi) is 5.38. The lowest BCUT2D eigenvalue weighted by Gasteiger charge is -2.27. The molecule has 0 spiro atoms. The molecule has 2 aromatic rings. The Hall–Kier alpha value is -1.12. The zero-order chi connectivity index (χ0) is 14.4. The third-order valence-electron chi connectivity index (χ3n) is 3.40. The van der Waals surface area contributed by atoms with Gasteiger partial charge in [-0.15, -0.1) is 0 Å². The van der Waals surface area contributed by atoms with E-state index < -0.39 is 0 Å². The van der Waals surface area contributed by atoms with Gasteiger partial charge in [-0.3, -0.25) is 0 Å². The molecular weight excluding hydrogens is 262 g/mol. The number of thiophene rings is 1. The van der Waals surface area contributed by atoms with Gasteiger partial charge in [0.1, 0.15) is 0 Å². The van der Waals surface area contributed by atoms with E-state index in [0.717, 1.165) is 19.4 Å². The van der Waals surface area contributed by atoms with E-state index in [-0.39, 0.29) is 0 Å². The summed E-state index contributed by atoms with van der Waals surface area (Å²) < 4.78 is 0. The van der Waals surface area contributed by atoms with Crippen molar-refractivity contribution < 1.29 is 0 Å². The van der Waals surface area contributed by atoms with Gasteiger partial charge in [0, 0.05) is 6.04 Å². The van der Waals surface area contributed by atoms with Crippen LogP contribution in [0.5, 0.6) is 0 Å². The van der Waals surface area contributed by atoms with Crippen LogP contribution in [0.2, 0.25) is 0 Å². The Morgan fingerprint density at radius 2 is 1.85 bits per heavy atom. The van der Waals surface area contributed by atoms with Crippen molar-refractivity contribution in [2.45, 2.75) is 39.7 Å². The normalized spacial score (nSPS) is 13.3. The van der Waals surface area contributed by atoms with Crippen LogP contribution in [0.3, 0.4) is 0 Å². The Morgan fingerprint density at radius 1 is 1.10 bits per heavy atom. The van der Waals surface area contributed by atoms with Gasteiger partial charge in [-0.1, -0.05) is 51.1 Å². The van der Waals surface area contributed by atoms with Gasteiger partial charge < -0.3 is 5.32 Å². The van der Waals surface area contributed by atoms with Crippen LogP contribution >= 0.6 is 11.3 Å². The van der Waals surface area contributed by atoms with Crippen LogP contribution in [0.1, 0.15) is 44.4 Å². The molecule has 0 aliphatic rings. The van der Waals surface area contributed by atoms with Gasteiger partial charge in [-0.2, -0.15) is 11.3 Å². The van der Waals surface area contributed by atoms with Crippen molar-refractivity contribution in [3.8, 4) is 0 Å². The van der Waals surface area contributed by atoms with E-state index in [1.807, 2.05) is 0 Å². The molecule has 0 aliphatic carbocycles. The van der Waals surface area contributed by atoms with Gasteiger partial charge in [0.15, 0.2) is 0 Å². The highest BCUT2D eigenvalue weighted by Gasteiger charge is 2.19. The van der Waals surface area contributed by atoms with Crippen molar-refractivity contribution in [2.24, 2.45) is 5.41 Å². The van der Waals surface area contributed by atoms with Crippen LogP contribution in [-0.2, 0) is 6.42 Å². The maximum absolute atomic E-state index is 3.74.